The van der Waals surface area contributed by atoms with Gasteiger partial charge in [0.05, 0.1) is 16.6 Å². The van der Waals surface area contributed by atoms with E-state index in [1.165, 1.54) is 88.0 Å². The molecule has 2 atom stereocenters. The van der Waals surface area contributed by atoms with Crippen LogP contribution in [0.1, 0.15) is 47.4 Å². The number of hydrogen-bond donors (Lipinski definition) is 3. The van der Waals surface area contributed by atoms with Crippen LogP contribution in [0.3, 0.4) is 0 Å². The molecule has 0 amide bonds. The van der Waals surface area contributed by atoms with Crippen molar-refractivity contribution in [1.82, 2.24) is 15.0 Å². The summed E-state index contributed by atoms with van der Waals surface area (Å²) in [4.78, 5) is 11.7. The van der Waals surface area contributed by atoms with Crippen LogP contribution in [0.2, 0.25) is 0 Å². The smallest absolute Gasteiger partial charge is 0.0588 e. The Balaban J connectivity index is 1.79. The molecule has 2 unspecified atom stereocenters. The molecule has 166 valence electrons. The highest BCUT2D eigenvalue weighted by molar-refractivity contribution is 6.35. The van der Waals surface area contributed by atoms with Crippen molar-refractivity contribution in [2.75, 3.05) is 0 Å². The first kappa shape index (κ1) is 19.3. The molecule has 0 fully saturated rings. The molecule has 3 N–H and O–H groups in total. The van der Waals surface area contributed by atoms with Crippen LogP contribution in [0, 0.1) is 39.5 Å². The van der Waals surface area contributed by atoms with E-state index in [1.54, 1.807) is 0 Å². The summed E-state index contributed by atoms with van der Waals surface area (Å²) in [7, 11) is 0. The van der Waals surface area contributed by atoms with Gasteiger partial charge in [0.1, 0.15) is 0 Å². The molecule has 0 spiro atoms. The first-order valence-corrected chi connectivity index (χ1v) is 12.3. The third-order valence-electron chi connectivity index (χ3n) is 8.79. The molecule has 3 nitrogen and oxygen atoms in total. The van der Waals surface area contributed by atoms with Gasteiger partial charge in [0.25, 0.3) is 0 Å². The van der Waals surface area contributed by atoms with Crippen molar-refractivity contribution in [3.63, 3.8) is 0 Å². The standard InChI is InChI=1S/C30H31N3/c1-13-7-19-22(10-16(13)4)31-28-25(19)29-27(20-8-14(2)17(5)11-23(20)32-29)30-26(28)21-9-15(3)18(6)12-24(21)33-30/h7-8,10-11,15,18,31-33H,9,12H2,1-6H3. The van der Waals surface area contributed by atoms with E-state index in [1.807, 2.05) is 0 Å². The minimum Gasteiger partial charge on any atom is -0.358 e. The van der Waals surface area contributed by atoms with Gasteiger partial charge in [-0.15, -0.1) is 0 Å². The van der Waals surface area contributed by atoms with Gasteiger partial charge < -0.3 is 15.0 Å². The monoisotopic (exact) mass is 433 g/mol. The molecule has 1 aliphatic carbocycles. The molecule has 1 aliphatic rings. The van der Waals surface area contributed by atoms with Crippen molar-refractivity contribution in [3.8, 4) is 0 Å². The summed E-state index contributed by atoms with van der Waals surface area (Å²) in [5.41, 5.74) is 14.6. The number of fused-ring (bicyclic) bond motifs is 12. The summed E-state index contributed by atoms with van der Waals surface area (Å²) >= 11 is 0. The summed E-state index contributed by atoms with van der Waals surface area (Å²) in [5.74, 6) is 1.40. The second kappa shape index (κ2) is 6.22. The zero-order valence-corrected chi connectivity index (χ0v) is 20.4. The fraction of sp³-hybridized carbons (Fsp3) is 0.333. The number of nitrogens with one attached hydrogen (secondary N) is 3. The molecule has 0 radical (unpaired) electrons. The van der Waals surface area contributed by atoms with E-state index in [-0.39, 0.29) is 0 Å². The first-order chi connectivity index (χ1) is 15.8. The van der Waals surface area contributed by atoms with Gasteiger partial charge in [0, 0.05) is 43.7 Å². The SMILES string of the molecule is Cc1cc2[nH]c3c(c2cc1C)c1[nH]c2c(c1c1[nH]c4cc(C)c(C)cc4c13)CC(C)C(C)C2. The minimum atomic E-state index is 0.698. The van der Waals surface area contributed by atoms with Gasteiger partial charge in [-0.1, -0.05) is 13.8 Å². The molecule has 33 heavy (non-hydrogen) atoms. The van der Waals surface area contributed by atoms with E-state index >= 15 is 0 Å². The van der Waals surface area contributed by atoms with E-state index in [0.717, 1.165) is 12.8 Å². The number of aromatic amines is 3. The predicted molar refractivity (Wildman–Crippen MR) is 142 cm³/mol. The molecular formula is C30H31N3. The first-order valence-electron chi connectivity index (χ1n) is 12.3. The molecule has 3 heteroatoms. The largest absolute Gasteiger partial charge is 0.358 e. The van der Waals surface area contributed by atoms with E-state index in [4.69, 9.17) is 0 Å². The quantitative estimate of drug-likeness (QED) is 0.217. The maximum absolute atomic E-state index is 3.94. The molecule has 3 aromatic heterocycles. The Hall–Kier alpha value is -3.20. The molecule has 0 aliphatic heterocycles. The Kier molecular flexibility index (Phi) is 3.64. The summed E-state index contributed by atoms with van der Waals surface area (Å²) in [5, 5.41) is 6.77. The van der Waals surface area contributed by atoms with Gasteiger partial charge in [-0.3, -0.25) is 0 Å². The van der Waals surface area contributed by atoms with Crippen molar-refractivity contribution in [3.05, 3.63) is 57.8 Å². The maximum atomic E-state index is 3.94. The van der Waals surface area contributed by atoms with Gasteiger partial charge in [0.15, 0.2) is 0 Å². The summed E-state index contributed by atoms with van der Waals surface area (Å²) in [6.07, 6.45) is 2.28. The molecular weight excluding hydrogens is 402 g/mol. The number of aryl methyl sites for hydroxylation is 4. The number of rotatable bonds is 0. The zero-order valence-electron chi connectivity index (χ0n) is 20.4. The maximum Gasteiger partial charge on any atom is 0.0588 e. The Labute approximate surface area is 193 Å². The van der Waals surface area contributed by atoms with Crippen molar-refractivity contribution in [1.29, 1.82) is 0 Å². The Morgan fingerprint density at radius 2 is 1.03 bits per heavy atom. The Bertz CT molecular complexity index is 1790. The number of hydrogen-bond acceptors (Lipinski definition) is 0. The van der Waals surface area contributed by atoms with Crippen molar-refractivity contribution < 1.29 is 0 Å². The molecule has 0 bridgehead atoms. The molecule has 0 saturated heterocycles. The number of aromatic nitrogens is 3. The third-order valence-corrected chi connectivity index (χ3v) is 8.79. The Morgan fingerprint density at radius 3 is 1.61 bits per heavy atom. The van der Waals surface area contributed by atoms with E-state index in [0.29, 0.717) is 11.8 Å². The molecule has 0 saturated carbocycles. The van der Waals surface area contributed by atoms with Gasteiger partial charge in [-0.2, -0.15) is 0 Å². The lowest BCUT2D eigenvalue weighted by molar-refractivity contribution is 0.359. The van der Waals surface area contributed by atoms with Gasteiger partial charge in [0.2, 0.25) is 0 Å². The molecule has 6 aromatic rings. The molecule has 3 aromatic carbocycles. The van der Waals surface area contributed by atoms with Crippen LogP contribution < -0.4 is 0 Å². The van der Waals surface area contributed by atoms with Crippen molar-refractivity contribution in [2.24, 2.45) is 11.8 Å². The highest BCUT2D eigenvalue weighted by Gasteiger charge is 2.29. The van der Waals surface area contributed by atoms with Crippen LogP contribution >= 0.6 is 0 Å². The third kappa shape index (κ3) is 2.40. The van der Waals surface area contributed by atoms with Crippen LogP contribution in [-0.4, -0.2) is 15.0 Å². The van der Waals surface area contributed by atoms with Crippen LogP contribution in [0.4, 0.5) is 0 Å². The molecule has 3 heterocycles. The van der Waals surface area contributed by atoms with E-state index in [2.05, 4.69) is 80.8 Å². The van der Waals surface area contributed by atoms with Crippen LogP contribution in [0.15, 0.2) is 24.3 Å². The molecule has 7 rings (SSSR count). The van der Waals surface area contributed by atoms with E-state index in [9.17, 15) is 0 Å². The second-order valence-corrected chi connectivity index (χ2v) is 10.9. The van der Waals surface area contributed by atoms with E-state index < -0.39 is 0 Å². The average molecular weight is 434 g/mol. The van der Waals surface area contributed by atoms with Crippen LogP contribution in [-0.2, 0) is 12.8 Å². The summed E-state index contributed by atoms with van der Waals surface area (Å²) in [6.45, 7) is 13.7. The number of benzene rings is 3. The minimum absolute atomic E-state index is 0.698. The highest BCUT2D eigenvalue weighted by Crippen LogP contribution is 2.46. The lowest BCUT2D eigenvalue weighted by atomic mass is 9.80. The Morgan fingerprint density at radius 1 is 0.576 bits per heavy atom. The zero-order chi connectivity index (χ0) is 22.8. The lowest BCUT2D eigenvalue weighted by Gasteiger charge is -2.25. The topological polar surface area (TPSA) is 47.4 Å². The summed E-state index contributed by atoms with van der Waals surface area (Å²) < 4.78 is 0. The fourth-order valence-electron chi connectivity index (χ4n) is 6.31. The fourth-order valence-corrected chi connectivity index (χ4v) is 6.31. The van der Waals surface area contributed by atoms with Gasteiger partial charge >= 0.3 is 0 Å². The van der Waals surface area contributed by atoms with Gasteiger partial charge in [-0.05, 0) is 104 Å². The van der Waals surface area contributed by atoms with Crippen LogP contribution in [0.25, 0.3) is 54.5 Å². The van der Waals surface area contributed by atoms with Crippen LogP contribution in [0.5, 0.6) is 0 Å². The normalized spacial score (nSPS) is 19.0. The number of H-pyrrole nitrogens is 3. The average Bonchev–Trinajstić information content (AvgIpc) is 3.41. The summed E-state index contributed by atoms with van der Waals surface area (Å²) in [6, 6.07) is 9.40. The van der Waals surface area contributed by atoms with Gasteiger partial charge in [-0.25, -0.2) is 0 Å². The second-order valence-electron chi connectivity index (χ2n) is 10.9. The predicted octanol–water partition coefficient (Wildman–Crippen LogP) is 8.04. The van der Waals surface area contributed by atoms with Crippen molar-refractivity contribution >= 4 is 54.5 Å². The highest BCUT2D eigenvalue weighted by atomic mass is 14.8. The van der Waals surface area contributed by atoms with Crippen molar-refractivity contribution in [2.45, 2.75) is 54.4 Å². The lowest BCUT2D eigenvalue weighted by Crippen LogP contribution is -2.20.